The summed E-state index contributed by atoms with van der Waals surface area (Å²) in [5.41, 5.74) is 10.2. The fourth-order valence-corrected chi connectivity index (χ4v) is 4.34. The van der Waals surface area contributed by atoms with E-state index in [0.717, 1.165) is 56.8 Å². The third-order valence-electron chi connectivity index (χ3n) is 5.98. The molecule has 1 unspecified atom stereocenters. The third kappa shape index (κ3) is 2.84. The Bertz CT molecular complexity index is 1460. The standard InChI is InChI=1S/C24H21N7O/c1-14-21(22(30-32-14)15-6-4-3-5-7-15)24-29-28-23-18-12-16(8-9-17(18)13-31(23)24)19-10-11-20(25-2)27-26-19/h3-8,10-13,24,29H,9H2,1-2H3,(H,25,27). The van der Waals surface area contributed by atoms with Crippen molar-refractivity contribution in [2.45, 2.75) is 19.5 Å². The Morgan fingerprint density at radius 1 is 1.12 bits per heavy atom. The molecule has 0 saturated carbocycles. The predicted molar refractivity (Wildman–Crippen MR) is 121 cm³/mol. The van der Waals surface area contributed by atoms with Crippen LogP contribution in [0.4, 0.5) is 5.82 Å². The lowest BCUT2D eigenvalue weighted by atomic mass is 10.0. The van der Waals surface area contributed by atoms with E-state index in [1.165, 1.54) is 5.56 Å². The van der Waals surface area contributed by atoms with Crippen molar-refractivity contribution in [3.8, 4) is 11.3 Å². The topological polar surface area (TPSA) is 93.2 Å². The summed E-state index contributed by atoms with van der Waals surface area (Å²) >= 11 is 0. The van der Waals surface area contributed by atoms with Gasteiger partial charge in [-0.15, -0.1) is 10.2 Å². The highest BCUT2D eigenvalue weighted by atomic mass is 16.5. The van der Waals surface area contributed by atoms with Crippen LogP contribution in [-0.2, 0) is 6.42 Å². The van der Waals surface area contributed by atoms with E-state index in [9.17, 15) is 0 Å². The molecule has 1 aromatic carbocycles. The van der Waals surface area contributed by atoms with Crippen molar-refractivity contribution >= 4 is 17.5 Å². The number of benzene rings is 1. The average molecular weight is 423 g/mol. The molecule has 4 heterocycles. The van der Waals surface area contributed by atoms with Crippen LogP contribution in [0.2, 0.25) is 0 Å². The fraction of sp³-hybridized carbons (Fsp3) is 0.167. The SMILES string of the molecule is CNc1ccc(C2=CCc3cn4c(c3=C2)=NNC4c2c(-c3ccccc3)noc2C)nn1. The largest absolute Gasteiger partial charge is 0.372 e. The van der Waals surface area contributed by atoms with Gasteiger partial charge in [-0.3, -0.25) is 5.43 Å². The molecule has 1 aliphatic carbocycles. The lowest BCUT2D eigenvalue weighted by molar-refractivity contribution is 0.394. The van der Waals surface area contributed by atoms with Crippen molar-refractivity contribution in [1.29, 1.82) is 0 Å². The Labute approximate surface area is 184 Å². The summed E-state index contributed by atoms with van der Waals surface area (Å²) in [6, 6.07) is 14.0. The van der Waals surface area contributed by atoms with E-state index >= 15 is 0 Å². The van der Waals surface area contributed by atoms with Gasteiger partial charge in [-0.05, 0) is 42.7 Å². The van der Waals surface area contributed by atoms with Gasteiger partial charge >= 0.3 is 0 Å². The fourth-order valence-electron chi connectivity index (χ4n) is 4.34. The second-order valence-corrected chi connectivity index (χ2v) is 7.87. The normalized spacial score (nSPS) is 16.3. The highest BCUT2D eigenvalue weighted by molar-refractivity contribution is 5.88. The van der Waals surface area contributed by atoms with Gasteiger partial charge in [0.15, 0.2) is 11.7 Å². The van der Waals surface area contributed by atoms with Crippen LogP contribution in [0.5, 0.6) is 0 Å². The third-order valence-corrected chi connectivity index (χ3v) is 5.98. The molecule has 0 radical (unpaired) electrons. The Balaban J connectivity index is 1.41. The van der Waals surface area contributed by atoms with Crippen LogP contribution >= 0.6 is 0 Å². The van der Waals surface area contributed by atoms with Gasteiger partial charge < -0.3 is 14.4 Å². The molecule has 6 rings (SSSR count). The number of hydrogen-bond donors (Lipinski definition) is 2. The molecule has 8 heteroatoms. The van der Waals surface area contributed by atoms with Gasteiger partial charge in [-0.1, -0.05) is 41.6 Å². The molecule has 3 aromatic heterocycles. The zero-order valence-electron chi connectivity index (χ0n) is 17.7. The summed E-state index contributed by atoms with van der Waals surface area (Å²) < 4.78 is 7.76. The molecular formula is C24H21N7O. The second kappa shape index (κ2) is 7.19. The van der Waals surface area contributed by atoms with Gasteiger partial charge in [-0.2, -0.15) is 5.10 Å². The van der Waals surface area contributed by atoms with Crippen molar-refractivity contribution in [3.63, 3.8) is 0 Å². The van der Waals surface area contributed by atoms with E-state index in [4.69, 9.17) is 4.52 Å². The van der Waals surface area contributed by atoms with E-state index in [1.807, 2.05) is 56.4 Å². The number of allylic oxidation sites excluding steroid dienone is 2. The number of nitrogens with zero attached hydrogens (tertiary/aromatic N) is 5. The Hall–Kier alpha value is -4.20. The first-order chi connectivity index (χ1) is 15.7. The van der Waals surface area contributed by atoms with Crippen molar-refractivity contribution in [2.24, 2.45) is 5.10 Å². The Kier molecular flexibility index (Phi) is 4.17. The predicted octanol–water partition coefficient (Wildman–Crippen LogP) is 2.39. The average Bonchev–Trinajstić information content (AvgIpc) is 3.52. The summed E-state index contributed by atoms with van der Waals surface area (Å²) in [4.78, 5) is 0. The van der Waals surface area contributed by atoms with Gasteiger partial charge in [0.05, 0.1) is 11.3 Å². The smallest absolute Gasteiger partial charge is 0.162 e. The monoisotopic (exact) mass is 423 g/mol. The summed E-state index contributed by atoms with van der Waals surface area (Å²) in [6.07, 6.45) is 7.12. The molecule has 8 nitrogen and oxygen atoms in total. The van der Waals surface area contributed by atoms with E-state index in [0.29, 0.717) is 0 Å². The molecule has 0 fully saturated rings. The van der Waals surface area contributed by atoms with Gasteiger partial charge in [0, 0.05) is 24.0 Å². The van der Waals surface area contributed by atoms with Gasteiger partial charge in [-0.25, -0.2) is 0 Å². The van der Waals surface area contributed by atoms with Crippen LogP contribution in [0.1, 0.15) is 28.7 Å². The molecule has 158 valence electrons. The molecule has 1 aliphatic heterocycles. The molecule has 2 N–H and O–H groups in total. The van der Waals surface area contributed by atoms with E-state index in [2.05, 4.69) is 54.1 Å². The first-order valence-electron chi connectivity index (χ1n) is 10.5. The summed E-state index contributed by atoms with van der Waals surface area (Å²) in [5, 5.41) is 21.7. The molecular weight excluding hydrogens is 402 g/mol. The number of aromatic nitrogens is 4. The zero-order chi connectivity index (χ0) is 21.7. The van der Waals surface area contributed by atoms with Crippen molar-refractivity contribution in [3.05, 3.63) is 88.0 Å². The molecule has 1 atom stereocenters. The highest BCUT2D eigenvalue weighted by Crippen LogP contribution is 2.31. The van der Waals surface area contributed by atoms with Crippen LogP contribution in [0.3, 0.4) is 0 Å². The summed E-state index contributed by atoms with van der Waals surface area (Å²) in [5.74, 6) is 1.52. The Morgan fingerprint density at radius 3 is 2.78 bits per heavy atom. The van der Waals surface area contributed by atoms with Crippen LogP contribution in [0, 0.1) is 6.92 Å². The maximum Gasteiger partial charge on any atom is 0.162 e. The van der Waals surface area contributed by atoms with E-state index in [1.54, 1.807) is 0 Å². The molecule has 32 heavy (non-hydrogen) atoms. The number of fused-ring (bicyclic) bond motifs is 3. The molecule has 0 saturated heterocycles. The maximum absolute atomic E-state index is 5.59. The van der Waals surface area contributed by atoms with Gasteiger partial charge in [0.2, 0.25) is 0 Å². The number of anilines is 1. The molecule has 0 spiro atoms. The van der Waals surface area contributed by atoms with Crippen molar-refractivity contribution in [2.75, 3.05) is 12.4 Å². The lowest BCUT2D eigenvalue weighted by Gasteiger charge is -2.14. The minimum absolute atomic E-state index is 0.177. The first-order valence-corrected chi connectivity index (χ1v) is 10.5. The maximum atomic E-state index is 5.59. The van der Waals surface area contributed by atoms with Crippen LogP contribution in [-0.4, -0.2) is 27.0 Å². The molecule has 0 amide bonds. The van der Waals surface area contributed by atoms with Crippen LogP contribution in [0.15, 0.2) is 64.4 Å². The first kappa shape index (κ1) is 18.6. The summed E-state index contributed by atoms with van der Waals surface area (Å²) in [7, 11) is 1.83. The lowest BCUT2D eigenvalue weighted by Crippen LogP contribution is -2.30. The second-order valence-electron chi connectivity index (χ2n) is 7.87. The zero-order valence-corrected chi connectivity index (χ0v) is 17.7. The van der Waals surface area contributed by atoms with Gasteiger partial charge in [0.1, 0.15) is 17.3 Å². The quantitative estimate of drug-likeness (QED) is 0.524. The molecule has 0 bridgehead atoms. The van der Waals surface area contributed by atoms with Crippen LogP contribution in [0.25, 0.3) is 22.9 Å². The highest BCUT2D eigenvalue weighted by Gasteiger charge is 2.29. The van der Waals surface area contributed by atoms with E-state index in [-0.39, 0.29) is 6.17 Å². The van der Waals surface area contributed by atoms with Crippen molar-refractivity contribution < 1.29 is 4.52 Å². The van der Waals surface area contributed by atoms with Crippen LogP contribution < -0.4 is 21.4 Å². The minimum Gasteiger partial charge on any atom is -0.372 e. The molecule has 2 aliphatic rings. The van der Waals surface area contributed by atoms with Crippen molar-refractivity contribution in [1.82, 2.24) is 25.3 Å². The number of nitrogens with one attached hydrogen (secondary N) is 2. The Morgan fingerprint density at radius 2 is 2.00 bits per heavy atom. The summed E-state index contributed by atoms with van der Waals surface area (Å²) in [6.45, 7) is 1.94. The number of rotatable bonds is 4. The minimum atomic E-state index is -0.177. The number of hydrogen-bond acceptors (Lipinski definition) is 7. The van der Waals surface area contributed by atoms with E-state index < -0.39 is 0 Å². The number of aryl methyl sites for hydroxylation is 1. The molecule has 4 aromatic rings. The van der Waals surface area contributed by atoms with Gasteiger partial charge in [0.25, 0.3) is 0 Å².